The van der Waals surface area contributed by atoms with Crippen LogP contribution in [-0.2, 0) is 4.79 Å². The van der Waals surface area contributed by atoms with Crippen LogP contribution >= 0.6 is 15.9 Å². The van der Waals surface area contributed by atoms with Gasteiger partial charge in [-0.2, -0.15) is 0 Å². The highest BCUT2D eigenvalue weighted by Gasteiger charge is 2.17. The Morgan fingerprint density at radius 2 is 1.64 bits per heavy atom. The molecule has 0 atom stereocenters. The number of hydrogen-bond acceptors (Lipinski definition) is 3. The number of benzene rings is 2. The van der Waals surface area contributed by atoms with Gasteiger partial charge in [-0.15, -0.1) is 0 Å². The van der Waals surface area contributed by atoms with E-state index < -0.39 is 0 Å². The third kappa shape index (κ3) is 4.78. The summed E-state index contributed by atoms with van der Waals surface area (Å²) in [6, 6.07) is 20.0. The largest absolute Gasteiger partial charge is 0.457 e. The maximum Gasteiger partial charge on any atom is 0.269 e. The average molecular weight is 439 g/mol. The van der Waals surface area contributed by atoms with Crippen molar-refractivity contribution in [2.45, 2.75) is 0 Å². The number of nitrogens with one attached hydrogen (secondary N) is 1. The Morgan fingerprint density at radius 1 is 0.964 bits per heavy atom. The van der Waals surface area contributed by atoms with Crippen molar-refractivity contribution in [1.82, 2.24) is 10.2 Å². The first kappa shape index (κ1) is 19.6. The van der Waals surface area contributed by atoms with Crippen LogP contribution in [0.4, 0.5) is 0 Å². The molecule has 0 saturated heterocycles. The molecule has 6 heteroatoms. The summed E-state index contributed by atoms with van der Waals surface area (Å²) < 4.78 is 6.82. The molecule has 5 nitrogen and oxygen atoms in total. The highest BCUT2D eigenvalue weighted by Crippen LogP contribution is 2.25. The molecule has 2 aromatic carbocycles. The fourth-order valence-electron chi connectivity index (χ4n) is 2.52. The zero-order valence-electron chi connectivity index (χ0n) is 15.5. The van der Waals surface area contributed by atoms with Gasteiger partial charge in [-0.1, -0.05) is 46.3 Å². The normalized spacial score (nSPS) is 11.2. The SMILES string of the molecule is CN(C)C(=O)/C(=C\c1ccc(-c2ccc(Br)cc2)o1)NC(=O)c1ccccc1. The van der Waals surface area contributed by atoms with Crippen molar-refractivity contribution in [3.05, 3.63) is 88.2 Å². The second-order valence-corrected chi connectivity index (χ2v) is 7.20. The number of nitrogens with zero attached hydrogens (tertiary/aromatic N) is 1. The molecule has 1 aromatic heterocycles. The van der Waals surface area contributed by atoms with Crippen LogP contribution < -0.4 is 5.32 Å². The van der Waals surface area contributed by atoms with Gasteiger partial charge in [0.05, 0.1) is 0 Å². The van der Waals surface area contributed by atoms with Crippen molar-refractivity contribution >= 4 is 33.8 Å². The molecule has 3 aromatic rings. The molecule has 1 N–H and O–H groups in total. The van der Waals surface area contributed by atoms with Crippen molar-refractivity contribution < 1.29 is 14.0 Å². The molecular formula is C22H19BrN2O3. The van der Waals surface area contributed by atoms with Gasteiger partial charge in [0.1, 0.15) is 17.2 Å². The van der Waals surface area contributed by atoms with Crippen LogP contribution in [0.25, 0.3) is 17.4 Å². The van der Waals surface area contributed by atoms with Crippen LogP contribution in [0.3, 0.4) is 0 Å². The predicted molar refractivity (Wildman–Crippen MR) is 112 cm³/mol. The zero-order valence-corrected chi connectivity index (χ0v) is 17.1. The highest BCUT2D eigenvalue weighted by atomic mass is 79.9. The first-order valence-electron chi connectivity index (χ1n) is 8.59. The molecule has 0 unspecified atom stereocenters. The van der Waals surface area contributed by atoms with E-state index in [1.165, 1.54) is 11.0 Å². The smallest absolute Gasteiger partial charge is 0.269 e. The van der Waals surface area contributed by atoms with Gasteiger partial charge in [-0.3, -0.25) is 9.59 Å². The van der Waals surface area contributed by atoms with E-state index in [1.807, 2.05) is 36.4 Å². The van der Waals surface area contributed by atoms with Crippen LogP contribution in [0.15, 0.2) is 81.3 Å². The van der Waals surface area contributed by atoms with Crippen LogP contribution in [0.1, 0.15) is 16.1 Å². The van der Waals surface area contributed by atoms with Crippen molar-refractivity contribution in [1.29, 1.82) is 0 Å². The topological polar surface area (TPSA) is 62.6 Å². The minimum absolute atomic E-state index is 0.135. The van der Waals surface area contributed by atoms with E-state index in [2.05, 4.69) is 21.2 Å². The van der Waals surface area contributed by atoms with Crippen molar-refractivity contribution in [2.75, 3.05) is 14.1 Å². The molecule has 1 heterocycles. The number of carbonyl (C=O) groups is 2. The minimum Gasteiger partial charge on any atom is -0.457 e. The molecule has 0 bridgehead atoms. The molecule has 2 amide bonds. The Labute approximate surface area is 171 Å². The standard InChI is InChI=1S/C22H19BrN2O3/c1-25(2)22(27)19(24-21(26)16-6-4-3-5-7-16)14-18-12-13-20(28-18)15-8-10-17(23)11-9-15/h3-14H,1-2H3,(H,24,26)/b19-14+. The van der Waals surface area contributed by atoms with Gasteiger partial charge in [0.25, 0.3) is 11.8 Å². The number of rotatable bonds is 5. The van der Waals surface area contributed by atoms with Gasteiger partial charge in [-0.05, 0) is 36.4 Å². The molecule has 0 fully saturated rings. The van der Waals surface area contributed by atoms with Crippen LogP contribution in [-0.4, -0.2) is 30.8 Å². The lowest BCUT2D eigenvalue weighted by Gasteiger charge is -2.14. The summed E-state index contributed by atoms with van der Waals surface area (Å²) in [5.41, 5.74) is 1.52. The lowest BCUT2D eigenvalue weighted by atomic mass is 10.2. The Bertz CT molecular complexity index is 1010. The number of furan rings is 1. The van der Waals surface area contributed by atoms with E-state index in [-0.39, 0.29) is 17.5 Å². The summed E-state index contributed by atoms with van der Waals surface area (Å²) in [6.07, 6.45) is 1.53. The lowest BCUT2D eigenvalue weighted by Crippen LogP contribution is -2.34. The average Bonchev–Trinajstić information content (AvgIpc) is 3.16. The highest BCUT2D eigenvalue weighted by molar-refractivity contribution is 9.10. The van der Waals surface area contributed by atoms with Crippen molar-refractivity contribution in [3.8, 4) is 11.3 Å². The fraction of sp³-hybridized carbons (Fsp3) is 0.0909. The number of likely N-dealkylation sites (N-methyl/N-ethyl adjacent to an activating group) is 1. The van der Waals surface area contributed by atoms with Crippen LogP contribution in [0, 0.1) is 0 Å². The first-order chi connectivity index (χ1) is 13.4. The van der Waals surface area contributed by atoms with E-state index in [9.17, 15) is 9.59 Å². The Kier molecular flexibility index (Phi) is 6.11. The summed E-state index contributed by atoms with van der Waals surface area (Å²) in [7, 11) is 3.25. The number of carbonyl (C=O) groups excluding carboxylic acids is 2. The van der Waals surface area contributed by atoms with Crippen molar-refractivity contribution in [3.63, 3.8) is 0 Å². The fourth-order valence-corrected chi connectivity index (χ4v) is 2.78. The Hall–Kier alpha value is -3.12. The van der Waals surface area contributed by atoms with E-state index in [4.69, 9.17) is 4.42 Å². The maximum atomic E-state index is 12.5. The van der Waals surface area contributed by atoms with E-state index in [0.717, 1.165) is 10.0 Å². The molecule has 28 heavy (non-hydrogen) atoms. The Balaban J connectivity index is 1.88. The van der Waals surface area contributed by atoms with E-state index in [1.54, 1.807) is 44.4 Å². The molecule has 0 aliphatic heterocycles. The van der Waals surface area contributed by atoms with E-state index in [0.29, 0.717) is 17.1 Å². The molecule has 0 aliphatic rings. The number of halogens is 1. The van der Waals surface area contributed by atoms with Gasteiger partial charge in [-0.25, -0.2) is 0 Å². The predicted octanol–water partition coefficient (Wildman–Crippen LogP) is 4.57. The quantitative estimate of drug-likeness (QED) is 0.593. The molecule has 3 rings (SSSR count). The third-order valence-electron chi connectivity index (χ3n) is 3.96. The molecule has 0 spiro atoms. The van der Waals surface area contributed by atoms with Gasteiger partial charge >= 0.3 is 0 Å². The molecule has 0 saturated carbocycles. The summed E-state index contributed by atoms with van der Waals surface area (Å²) in [6.45, 7) is 0. The third-order valence-corrected chi connectivity index (χ3v) is 4.49. The second kappa shape index (κ2) is 8.71. The molecule has 0 radical (unpaired) electrons. The molecular weight excluding hydrogens is 420 g/mol. The Morgan fingerprint density at radius 3 is 2.29 bits per heavy atom. The van der Waals surface area contributed by atoms with Gasteiger partial charge in [0, 0.05) is 35.8 Å². The first-order valence-corrected chi connectivity index (χ1v) is 9.39. The van der Waals surface area contributed by atoms with Gasteiger partial charge in [0.2, 0.25) is 0 Å². The number of amides is 2. The minimum atomic E-state index is -0.360. The summed E-state index contributed by atoms with van der Waals surface area (Å²) >= 11 is 3.41. The summed E-state index contributed by atoms with van der Waals surface area (Å²) in [4.78, 5) is 26.4. The molecule has 142 valence electrons. The maximum absolute atomic E-state index is 12.5. The van der Waals surface area contributed by atoms with Gasteiger partial charge < -0.3 is 14.6 Å². The second-order valence-electron chi connectivity index (χ2n) is 6.29. The zero-order chi connectivity index (χ0) is 20.1. The van der Waals surface area contributed by atoms with Crippen LogP contribution in [0.5, 0.6) is 0 Å². The number of hydrogen-bond donors (Lipinski definition) is 1. The van der Waals surface area contributed by atoms with Gasteiger partial charge in [0.15, 0.2) is 0 Å². The van der Waals surface area contributed by atoms with E-state index >= 15 is 0 Å². The summed E-state index contributed by atoms with van der Waals surface area (Å²) in [5.74, 6) is 0.453. The van der Waals surface area contributed by atoms with Crippen molar-refractivity contribution in [2.24, 2.45) is 0 Å². The van der Waals surface area contributed by atoms with Crippen LogP contribution in [0.2, 0.25) is 0 Å². The monoisotopic (exact) mass is 438 g/mol. The summed E-state index contributed by atoms with van der Waals surface area (Å²) in [5, 5.41) is 2.68. The lowest BCUT2D eigenvalue weighted by molar-refractivity contribution is -0.124. The molecule has 0 aliphatic carbocycles.